The number of rotatable bonds is 4. The van der Waals surface area contributed by atoms with Gasteiger partial charge in [-0.15, -0.1) is 0 Å². The predicted octanol–water partition coefficient (Wildman–Crippen LogP) is 2.50. The first-order valence-corrected chi connectivity index (χ1v) is 5.95. The van der Waals surface area contributed by atoms with Crippen LogP contribution in [0.5, 0.6) is 0 Å². The zero-order chi connectivity index (χ0) is 13.9. The van der Waals surface area contributed by atoms with Crippen molar-refractivity contribution in [3.8, 4) is 0 Å². The Morgan fingerprint density at radius 1 is 1.06 bits per heavy atom. The molecule has 4 heteroatoms. The second kappa shape index (κ2) is 5.67. The van der Waals surface area contributed by atoms with Crippen molar-refractivity contribution in [3.63, 3.8) is 0 Å². The predicted molar refractivity (Wildman–Crippen MR) is 69.8 cm³/mol. The van der Waals surface area contributed by atoms with Gasteiger partial charge in [-0.25, -0.2) is 4.79 Å². The minimum atomic E-state index is -0.988. The normalized spacial score (nSPS) is 12.3. The van der Waals surface area contributed by atoms with E-state index in [4.69, 9.17) is 5.11 Å². The highest BCUT2D eigenvalue weighted by molar-refractivity contribution is 5.95. The summed E-state index contributed by atoms with van der Waals surface area (Å²) >= 11 is 0. The van der Waals surface area contributed by atoms with E-state index in [1.54, 1.807) is 24.1 Å². The Bertz CT molecular complexity index is 437. The second-order valence-electron chi connectivity index (χ2n) is 4.78. The van der Waals surface area contributed by atoms with Gasteiger partial charge >= 0.3 is 5.97 Å². The number of carbonyl (C=O) groups is 2. The Morgan fingerprint density at radius 2 is 1.50 bits per heavy atom. The van der Waals surface area contributed by atoms with Crippen LogP contribution < -0.4 is 0 Å². The van der Waals surface area contributed by atoms with Gasteiger partial charge in [0.15, 0.2) is 0 Å². The SMILES string of the molecule is CC(C)C(C)N(C)C(=O)c1ccc(C(=O)O)cc1. The van der Waals surface area contributed by atoms with Crippen molar-refractivity contribution in [2.24, 2.45) is 5.92 Å². The summed E-state index contributed by atoms with van der Waals surface area (Å²) in [5.74, 6) is -0.705. The van der Waals surface area contributed by atoms with Crippen molar-refractivity contribution in [3.05, 3.63) is 35.4 Å². The largest absolute Gasteiger partial charge is 0.478 e. The molecule has 0 heterocycles. The maximum absolute atomic E-state index is 12.2. The third kappa shape index (κ3) is 3.09. The Morgan fingerprint density at radius 3 is 1.89 bits per heavy atom. The van der Waals surface area contributed by atoms with Crippen molar-refractivity contribution < 1.29 is 14.7 Å². The molecule has 0 fully saturated rings. The van der Waals surface area contributed by atoms with E-state index in [9.17, 15) is 9.59 Å². The summed E-state index contributed by atoms with van der Waals surface area (Å²) in [6.45, 7) is 6.11. The molecule has 4 nitrogen and oxygen atoms in total. The molecule has 0 aliphatic rings. The maximum atomic E-state index is 12.2. The lowest BCUT2D eigenvalue weighted by molar-refractivity contribution is 0.0687. The Kier molecular flexibility index (Phi) is 4.48. The van der Waals surface area contributed by atoms with Crippen molar-refractivity contribution >= 4 is 11.9 Å². The van der Waals surface area contributed by atoms with E-state index in [1.165, 1.54) is 12.1 Å². The van der Waals surface area contributed by atoms with Crippen LogP contribution in [0.3, 0.4) is 0 Å². The highest BCUT2D eigenvalue weighted by Crippen LogP contribution is 2.13. The molecule has 1 atom stereocenters. The summed E-state index contributed by atoms with van der Waals surface area (Å²) in [7, 11) is 1.76. The molecule has 1 unspecified atom stereocenters. The molecule has 0 aliphatic heterocycles. The zero-order valence-corrected chi connectivity index (χ0v) is 11.2. The Labute approximate surface area is 107 Å². The van der Waals surface area contributed by atoms with E-state index in [1.807, 2.05) is 6.92 Å². The number of hydrogen-bond acceptors (Lipinski definition) is 2. The number of carboxylic acid groups (broad SMARTS) is 1. The molecule has 1 aromatic rings. The van der Waals surface area contributed by atoms with Crippen molar-refractivity contribution in [2.45, 2.75) is 26.8 Å². The fourth-order valence-electron chi connectivity index (χ4n) is 1.59. The number of amides is 1. The molecule has 0 saturated heterocycles. The van der Waals surface area contributed by atoms with Gasteiger partial charge in [0, 0.05) is 18.7 Å². The van der Waals surface area contributed by atoms with Crippen molar-refractivity contribution in [1.82, 2.24) is 4.90 Å². The van der Waals surface area contributed by atoms with Crippen molar-refractivity contribution in [1.29, 1.82) is 0 Å². The smallest absolute Gasteiger partial charge is 0.335 e. The highest BCUT2D eigenvalue weighted by atomic mass is 16.4. The molecule has 0 bridgehead atoms. The van der Waals surface area contributed by atoms with Crippen LogP contribution in [0.2, 0.25) is 0 Å². The summed E-state index contributed by atoms with van der Waals surface area (Å²) in [5.41, 5.74) is 0.695. The van der Waals surface area contributed by atoms with E-state index < -0.39 is 5.97 Å². The van der Waals surface area contributed by atoms with E-state index in [0.717, 1.165) is 0 Å². The summed E-state index contributed by atoms with van der Waals surface area (Å²) < 4.78 is 0. The molecule has 0 aliphatic carbocycles. The maximum Gasteiger partial charge on any atom is 0.335 e. The van der Waals surface area contributed by atoms with Gasteiger partial charge in [-0.2, -0.15) is 0 Å². The minimum Gasteiger partial charge on any atom is -0.478 e. The molecular formula is C14H19NO3. The molecule has 98 valence electrons. The molecule has 1 N–H and O–H groups in total. The molecule has 0 radical (unpaired) electrons. The van der Waals surface area contributed by atoms with E-state index in [2.05, 4.69) is 13.8 Å². The third-order valence-electron chi connectivity index (χ3n) is 3.27. The van der Waals surface area contributed by atoms with Gasteiger partial charge in [0.05, 0.1) is 5.56 Å². The second-order valence-corrected chi connectivity index (χ2v) is 4.78. The molecule has 1 rings (SSSR count). The van der Waals surface area contributed by atoms with E-state index in [-0.39, 0.29) is 17.5 Å². The monoisotopic (exact) mass is 249 g/mol. The number of benzene rings is 1. The molecule has 0 spiro atoms. The van der Waals surface area contributed by atoms with Gasteiger partial charge < -0.3 is 10.0 Å². The molecule has 1 amide bonds. The van der Waals surface area contributed by atoms with Crippen LogP contribution in [-0.4, -0.2) is 35.0 Å². The highest BCUT2D eigenvalue weighted by Gasteiger charge is 2.19. The molecule has 0 aromatic heterocycles. The molecular weight excluding hydrogens is 230 g/mol. The van der Waals surface area contributed by atoms with Crippen LogP contribution >= 0.6 is 0 Å². The minimum absolute atomic E-state index is 0.0897. The van der Waals surface area contributed by atoms with Gasteiger partial charge in [0.25, 0.3) is 5.91 Å². The van der Waals surface area contributed by atoms with Gasteiger partial charge in [0.2, 0.25) is 0 Å². The van der Waals surface area contributed by atoms with Crippen LogP contribution in [0, 0.1) is 5.92 Å². The lowest BCUT2D eigenvalue weighted by atomic mass is 10.0. The first-order valence-electron chi connectivity index (χ1n) is 5.95. The molecule has 18 heavy (non-hydrogen) atoms. The number of aromatic carboxylic acids is 1. The van der Waals surface area contributed by atoms with E-state index in [0.29, 0.717) is 11.5 Å². The van der Waals surface area contributed by atoms with E-state index >= 15 is 0 Å². The van der Waals surface area contributed by atoms with Gasteiger partial charge in [-0.1, -0.05) is 13.8 Å². The van der Waals surface area contributed by atoms with Crippen LogP contribution in [0.25, 0.3) is 0 Å². The average Bonchev–Trinajstić information content (AvgIpc) is 2.36. The lowest BCUT2D eigenvalue weighted by Gasteiger charge is -2.28. The number of carbonyl (C=O) groups excluding carboxylic acids is 1. The van der Waals surface area contributed by atoms with Crippen LogP contribution in [0.15, 0.2) is 24.3 Å². The van der Waals surface area contributed by atoms with Gasteiger partial charge in [0.1, 0.15) is 0 Å². The molecule has 1 aromatic carbocycles. The zero-order valence-electron chi connectivity index (χ0n) is 11.2. The Balaban J connectivity index is 2.87. The quantitative estimate of drug-likeness (QED) is 0.892. The summed E-state index contributed by atoms with van der Waals surface area (Å²) in [4.78, 5) is 24.5. The first-order chi connectivity index (χ1) is 8.34. The number of carboxylic acids is 1. The standard InChI is InChI=1S/C14H19NO3/c1-9(2)10(3)15(4)13(16)11-5-7-12(8-6-11)14(17)18/h5-10H,1-4H3,(H,17,18). The fraction of sp³-hybridized carbons (Fsp3) is 0.429. The fourth-order valence-corrected chi connectivity index (χ4v) is 1.59. The van der Waals surface area contributed by atoms with Crippen LogP contribution in [0.4, 0.5) is 0 Å². The average molecular weight is 249 g/mol. The van der Waals surface area contributed by atoms with Crippen molar-refractivity contribution in [2.75, 3.05) is 7.05 Å². The third-order valence-corrected chi connectivity index (χ3v) is 3.27. The summed E-state index contributed by atoms with van der Waals surface area (Å²) in [5, 5.41) is 8.79. The summed E-state index contributed by atoms with van der Waals surface area (Å²) in [6, 6.07) is 6.13. The lowest BCUT2D eigenvalue weighted by Crippen LogP contribution is -2.38. The number of nitrogens with zero attached hydrogens (tertiary/aromatic N) is 1. The number of hydrogen-bond donors (Lipinski definition) is 1. The van der Waals surface area contributed by atoms with Gasteiger partial charge in [-0.05, 0) is 37.1 Å². The van der Waals surface area contributed by atoms with Crippen LogP contribution in [-0.2, 0) is 0 Å². The first kappa shape index (κ1) is 14.2. The molecule has 0 saturated carbocycles. The van der Waals surface area contributed by atoms with Crippen LogP contribution in [0.1, 0.15) is 41.5 Å². The summed E-state index contributed by atoms with van der Waals surface area (Å²) in [6.07, 6.45) is 0. The topological polar surface area (TPSA) is 57.6 Å². The van der Waals surface area contributed by atoms with Gasteiger partial charge in [-0.3, -0.25) is 4.79 Å². The Hall–Kier alpha value is -1.84.